The van der Waals surface area contributed by atoms with Crippen LogP contribution in [0.5, 0.6) is 11.5 Å². The first-order valence-electron chi connectivity index (χ1n) is 10.7. The summed E-state index contributed by atoms with van der Waals surface area (Å²) in [6, 6.07) is 17.4. The summed E-state index contributed by atoms with van der Waals surface area (Å²) in [4.78, 5) is 17.2. The zero-order chi connectivity index (χ0) is 21.0. The van der Waals surface area contributed by atoms with Gasteiger partial charge in [0.05, 0.1) is 19.8 Å². The molecule has 2 aromatic rings. The summed E-state index contributed by atoms with van der Waals surface area (Å²) < 4.78 is 16.6. The lowest BCUT2D eigenvalue weighted by molar-refractivity contribution is -0.134. The summed E-state index contributed by atoms with van der Waals surface area (Å²) in [7, 11) is 0. The Morgan fingerprint density at radius 1 is 1.00 bits per heavy atom. The molecule has 6 nitrogen and oxygen atoms in total. The molecule has 0 radical (unpaired) electrons. The number of hydrogen-bond donors (Lipinski definition) is 0. The van der Waals surface area contributed by atoms with E-state index < -0.39 is 0 Å². The Kier molecular flexibility index (Phi) is 9.00. The molecule has 1 heterocycles. The van der Waals surface area contributed by atoms with Gasteiger partial charge < -0.3 is 19.1 Å². The van der Waals surface area contributed by atoms with E-state index in [1.807, 2.05) is 66.4 Å². The molecule has 1 aliphatic heterocycles. The second kappa shape index (κ2) is 12.2. The third kappa shape index (κ3) is 7.35. The number of hydrogen-bond acceptors (Lipinski definition) is 5. The first kappa shape index (κ1) is 22.1. The molecule has 0 atom stereocenters. The summed E-state index contributed by atoms with van der Waals surface area (Å²) in [6.07, 6.45) is 0.925. The number of amides is 1. The molecule has 0 aromatic heterocycles. The van der Waals surface area contributed by atoms with Gasteiger partial charge in [-0.25, -0.2) is 0 Å². The third-order valence-corrected chi connectivity index (χ3v) is 5.07. The first-order valence-corrected chi connectivity index (χ1v) is 10.7. The zero-order valence-corrected chi connectivity index (χ0v) is 17.8. The second-order valence-electron chi connectivity index (χ2n) is 7.30. The van der Waals surface area contributed by atoms with Crippen molar-refractivity contribution in [3.63, 3.8) is 0 Å². The van der Waals surface area contributed by atoms with Crippen LogP contribution >= 0.6 is 0 Å². The molecule has 1 amide bonds. The Hall–Kier alpha value is -2.57. The fourth-order valence-electron chi connectivity index (χ4n) is 3.43. The van der Waals surface area contributed by atoms with E-state index in [1.54, 1.807) is 0 Å². The minimum absolute atomic E-state index is 0.00489. The topological polar surface area (TPSA) is 51.2 Å². The molecular formula is C24H32N2O4. The number of ether oxygens (including phenoxy) is 3. The highest BCUT2D eigenvalue weighted by Crippen LogP contribution is 2.15. The summed E-state index contributed by atoms with van der Waals surface area (Å²) in [5.74, 6) is 1.55. The van der Waals surface area contributed by atoms with Crippen LogP contribution in [0.1, 0.15) is 18.9 Å². The molecule has 1 fully saturated rings. The minimum atomic E-state index is -0.00489. The van der Waals surface area contributed by atoms with Gasteiger partial charge in [0.15, 0.2) is 6.61 Å². The van der Waals surface area contributed by atoms with Gasteiger partial charge in [0.2, 0.25) is 0 Å². The highest BCUT2D eigenvalue weighted by molar-refractivity contribution is 5.77. The molecule has 6 heteroatoms. The molecule has 30 heavy (non-hydrogen) atoms. The Morgan fingerprint density at radius 3 is 2.40 bits per heavy atom. The molecular weight excluding hydrogens is 380 g/mol. The van der Waals surface area contributed by atoms with Gasteiger partial charge in [-0.05, 0) is 43.2 Å². The lowest BCUT2D eigenvalue weighted by Crippen LogP contribution is -2.40. The number of benzene rings is 2. The van der Waals surface area contributed by atoms with E-state index in [-0.39, 0.29) is 12.5 Å². The van der Waals surface area contributed by atoms with E-state index in [9.17, 15) is 4.79 Å². The van der Waals surface area contributed by atoms with Crippen LogP contribution in [0.25, 0.3) is 0 Å². The zero-order valence-electron chi connectivity index (χ0n) is 17.8. The molecule has 1 saturated heterocycles. The number of nitrogens with zero attached hydrogens (tertiary/aromatic N) is 2. The van der Waals surface area contributed by atoms with Gasteiger partial charge >= 0.3 is 0 Å². The van der Waals surface area contributed by atoms with Crippen LogP contribution in [-0.4, -0.2) is 68.3 Å². The molecule has 0 aliphatic carbocycles. The van der Waals surface area contributed by atoms with Crippen LogP contribution in [0.4, 0.5) is 0 Å². The average Bonchev–Trinajstić information content (AvgIpc) is 2.79. The summed E-state index contributed by atoms with van der Waals surface area (Å²) in [5, 5.41) is 0. The van der Waals surface area contributed by atoms with E-state index in [4.69, 9.17) is 14.2 Å². The fraction of sp³-hybridized carbons (Fsp3) is 0.458. The number of rotatable bonds is 11. The average molecular weight is 413 g/mol. The smallest absolute Gasteiger partial charge is 0.260 e. The normalized spacial score (nSPS) is 14.3. The maximum atomic E-state index is 12.9. The molecule has 0 bridgehead atoms. The molecule has 0 N–H and O–H groups in total. The summed E-state index contributed by atoms with van der Waals surface area (Å²) >= 11 is 0. The standard InChI is InChI=1S/C24H32N2O4/c1-2-29-23-11-9-21(10-12-23)19-26(14-6-13-25-15-17-28-18-16-25)24(27)20-30-22-7-4-3-5-8-22/h3-5,7-12H,2,6,13-20H2,1H3. The molecule has 1 aliphatic rings. The molecule has 0 unspecified atom stereocenters. The number of carbonyl (C=O) groups is 1. The molecule has 0 spiro atoms. The van der Waals surface area contributed by atoms with Crippen molar-refractivity contribution in [3.05, 3.63) is 60.2 Å². The summed E-state index contributed by atoms with van der Waals surface area (Å²) in [5.41, 5.74) is 1.08. The molecule has 0 saturated carbocycles. The van der Waals surface area contributed by atoms with Crippen molar-refractivity contribution in [1.29, 1.82) is 0 Å². The predicted octanol–water partition coefficient (Wildman–Crippen LogP) is 3.22. The van der Waals surface area contributed by atoms with Crippen molar-refractivity contribution in [2.75, 3.05) is 52.6 Å². The highest BCUT2D eigenvalue weighted by atomic mass is 16.5. The van der Waals surface area contributed by atoms with Crippen molar-refractivity contribution in [2.24, 2.45) is 0 Å². The maximum Gasteiger partial charge on any atom is 0.260 e. The van der Waals surface area contributed by atoms with Gasteiger partial charge in [-0.2, -0.15) is 0 Å². The van der Waals surface area contributed by atoms with Gasteiger partial charge in [0, 0.05) is 32.7 Å². The predicted molar refractivity (Wildman–Crippen MR) is 117 cm³/mol. The van der Waals surface area contributed by atoms with Crippen molar-refractivity contribution in [2.45, 2.75) is 19.9 Å². The number of carbonyl (C=O) groups excluding carboxylic acids is 1. The molecule has 2 aromatic carbocycles. The molecule has 3 rings (SSSR count). The quantitative estimate of drug-likeness (QED) is 0.567. The molecule has 162 valence electrons. The second-order valence-corrected chi connectivity index (χ2v) is 7.30. The fourth-order valence-corrected chi connectivity index (χ4v) is 3.43. The van der Waals surface area contributed by atoms with Crippen LogP contribution in [0.3, 0.4) is 0 Å². The Labute approximate surface area is 179 Å². The van der Waals surface area contributed by atoms with Crippen molar-refractivity contribution in [1.82, 2.24) is 9.80 Å². The van der Waals surface area contributed by atoms with Crippen molar-refractivity contribution < 1.29 is 19.0 Å². The van der Waals surface area contributed by atoms with E-state index in [1.165, 1.54) is 0 Å². The van der Waals surface area contributed by atoms with Crippen LogP contribution in [0, 0.1) is 0 Å². The van der Waals surface area contributed by atoms with E-state index >= 15 is 0 Å². The van der Waals surface area contributed by atoms with Crippen LogP contribution in [-0.2, 0) is 16.1 Å². The SMILES string of the molecule is CCOc1ccc(CN(CCCN2CCOCC2)C(=O)COc2ccccc2)cc1. The largest absolute Gasteiger partial charge is 0.494 e. The van der Waals surface area contributed by atoms with Crippen LogP contribution in [0.2, 0.25) is 0 Å². The van der Waals surface area contributed by atoms with Gasteiger partial charge in [0.1, 0.15) is 11.5 Å². The third-order valence-electron chi connectivity index (χ3n) is 5.07. The Balaban J connectivity index is 1.56. The Morgan fingerprint density at radius 2 is 1.70 bits per heavy atom. The van der Waals surface area contributed by atoms with Gasteiger partial charge in [0.25, 0.3) is 5.91 Å². The van der Waals surface area contributed by atoms with E-state index in [2.05, 4.69) is 4.90 Å². The van der Waals surface area contributed by atoms with Gasteiger partial charge in [-0.15, -0.1) is 0 Å². The first-order chi connectivity index (χ1) is 14.7. The highest BCUT2D eigenvalue weighted by Gasteiger charge is 2.16. The number of para-hydroxylation sites is 1. The van der Waals surface area contributed by atoms with Crippen LogP contribution < -0.4 is 9.47 Å². The minimum Gasteiger partial charge on any atom is -0.494 e. The van der Waals surface area contributed by atoms with Crippen molar-refractivity contribution in [3.8, 4) is 11.5 Å². The van der Waals surface area contributed by atoms with Crippen molar-refractivity contribution >= 4 is 5.91 Å². The lowest BCUT2D eigenvalue weighted by atomic mass is 10.2. The monoisotopic (exact) mass is 412 g/mol. The lowest BCUT2D eigenvalue weighted by Gasteiger charge is -2.28. The maximum absolute atomic E-state index is 12.9. The van der Waals surface area contributed by atoms with Crippen LogP contribution in [0.15, 0.2) is 54.6 Å². The summed E-state index contributed by atoms with van der Waals surface area (Å²) in [6.45, 7) is 8.38. The van der Waals surface area contributed by atoms with E-state index in [0.717, 1.165) is 50.6 Å². The number of morpholine rings is 1. The van der Waals surface area contributed by atoms with Gasteiger partial charge in [-0.3, -0.25) is 9.69 Å². The van der Waals surface area contributed by atoms with Gasteiger partial charge in [-0.1, -0.05) is 30.3 Å². The van der Waals surface area contributed by atoms with E-state index in [0.29, 0.717) is 25.4 Å². The Bertz CT molecular complexity index is 746.